The average Bonchev–Trinajstić information content (AvgIpc) is 2.40. The van der Waals surface area contributed by atoms with Crippen molar-refractivity contribution in [1.29, 1.82) is 0 Å². The van der Waals surface area contributed by atoms with Gasteiger partial charge in [0.2, 0.25) is 5.78 Å². The summed E-state index contributed by atoms with van der Waals surface area (Å²) >= 11 is 3.12. The first-order valence-electron chi connectivity index (χ1n) is 5.61. The number of methoxy groups -OCH3 is 1. The van der Waals surface area contributed by atoms with Crippen LogP contribution < -0.4 is 4.74 Å². The molecule has 0 aromatic heterocycles. The fraction of sp³-hybridized carbons (Fsp3) is 0.333. The molecule has 1 rings (SSSR count). The molecule has 0 N–H and O–H groups in total. The van der Waals surface area contributed by atoms with Crippen LogP contribution in [0.15, 0.2) is 16.6 Å². The van der Waals surface area contributed by atoms with Crippen LogP contribution in [-0.2, 0) is 20.7 Å². The van der Waals surface area contributed by atoms with Gasteiger partial charge in [-0.1, -0.05) is 0 Å². The van der Waals surface area contributed by atoms with Gasteiger partial charge in [-0.25, -0.2) is 4.79 Å². The Morgan fingerprint density at radius 1 is 1.40 bits per heavy atom. The highest BCUT2D eigenvalue weighted by Gasteiger charge is 2.23. The van der Waals surface area contributed by atoms with Crippen molar-refractivity contribution in [1.82, 2.24) is 0 Å². The summed E-state index contributed by atoms with van der Waals surface area (Å²) in [6, 6.07) is 2.58. The number of halogens is 1. The van der Waals surface area contributed by atoms with Crippen molar-refractivity contribution < 1.29 is 24.0 Å². The van der Waals surface area contributed by atoms with Gasteiger partial charge in [0.25, 0.3) is 5.69 Å². The van der Waals surface area contributed by atoms with Crippen molar-refractivity contribution in [3.63, 3.8) is 0 Å². The fourth-order valence-corrected chi connectivity index (χ4v) is 2.00. The number of nitro benzene ring substituents is 1. The maximum absolute atomic E-state index is 11.6. The van der Waals surface area contributed by atoms with Crippen molar-refractivity contribution in [2.75, 3.05) is 13.7 Å². The van der Waals surface area contributed by atoms with E-state index in [1.165, 1.54) is 19.2 Å². The largest absolute Gasteiger partial charge is 0.496 e. The summed E-state index contributed by atoms with van der Waals surface area (Å²) in [6.07, 6.45) is -0.418. The quantitative estimate of drug-likeness (QED) is 0.339. The van der Waals surface area contributed by atoms with E-state index in [1.807, 2.05) is 0 Å². The third-order valence-corrected chi connectivity index (χ3v) is 3.02. The molecular weight excluding hydrogens is 334 g/mol. The Balaban J connectivity index is 3.12. The van der Waals surface area contributed by atoms with E-state index in [4.69, 9.17) is 4.74 Å². The molecule has 0 atom stereocenters. The topological polar surface area (TPSA) is 95.7 Å². The van der Waals surface area contributed by atoms with Crippen LogP contribution in [0.1, 0.15) is 12.5 Å². The van der Waals surface area contributed by atoms with E-state index < -0.39 is 23.1 Å². The van der Waals surface area contributed by atoms with Crippen LogP contribution in [0.2, 0.25) is 0 Å². The van der Waals surface area contributed by atoms with Gasteiger partial charge in [0, 0.05) is 18.1 Å². The first kappa shape index (κ1) is 16.1. The lowest BCUT2D eigenvalue weighted by Gasteiger charge is -2.07. The summed E-state index contributed by atoms with van der Waals surface area (Å²) in [6.45, 7) is 1.63. The summed E-state index contributed by atoms with van der Waals surface area (Å²) in [5.41, 5.74) is -0.177. The van der Waals surface area contributed by atoms with Gasteiger partial charge in [-0.05, 0) is 28.9 Å². The Labute approximate surface area is 123 Å². The SMILES string of the molecule is CCOC(=O)C(=O)Cc1cc(OC)c(Br)cc1[N+](=O)[O-]. The zero-order valence-corrected chi connectivity index (χ0v) is 12.4. The van der Waals surface area contributed by atoms with Gasteiger partial charge in [-0.3, -0.25) is 14.9 Å². The van der Waals surface area contributed by atoms with E-state index in [9.17, 15) is 19.7 Å². The number of nitro groups is 1. The molecule has 0 fully saturated rings. The number of ether oxygens (including phenoxy) is 2. The molecule has 7 nitrogen and oxygen atoms in total. The number of ketones is 1. The molecule has 0 spiro atoms. The molecule has 0 radical (unpaired) electrons. The minimum atomic E-state index is -1.01. The molecule has 20 heavy (non-hydrogen) atoms. The van der Waals surface area contributed by atoms with Crippen molar-refractivity contribution in [3.8, 4) is 5.75 Å². The summed E-state index contributed by atoms with van der Waals surface area (Å²) in [5, 5.41) is 11.0. The average molecular weight is 346 g/mol. The predicted octanol–water partition coefficient (Wildman–Crippen LogP) is 2.04. The lowest BCUT2D eigenvalue weighted by molar-refractivity contribution is -0.385. The molecule has 0 heterocycles. The normalized spacial score (nSPS) is 9.95. The third-order valence-electron chi connectivity index (χ3n) is 2.40. The highest BCUT2D eigenvalue weighted by atomic mass is 79.9. The van der Waals surface area contributed by atoms with Crippen molar-refractivity contribution in [2.45, 2.75) is 13.3 Å². The molecule has 0 amide bonds. The van der Waals surface area contributed by atoms with Crippen LogP contribution in [0.5, 0.6) is 5.75 Å². The number of benzene rings is 1. The molecule has 0 bridgehead atoms. The number of rotatable bonds is 6. The van der Waals surface area contributed by atoms with E-state index in [0.717, 1.165) is 0 Å². The van der Waals surface area contributed by atoms with Crippen LogP contribution in [0, 0.1) is 10.1 Å². The molecule has 1 aromatic carbocycles. The number of carbonyl (C=O) groups is 2. The highest BCUT2D eigenvalue weighted by molar-refractivity contribution is 9.10. The van der Waals surface area contributed by atoms with Crippen LogP contribution in [0.3, 0.4) is 0 Å². The van der Waals surface area contributed by atoms with E-state index in [0.29, 0.717) is 10.2 Å². The van der Waals surface area contributed by atoms with Crippen molar-refractivity contribution >= 4 is 33.4 Å². The maximum Gasteiger partial charge on any atom is 0.374 e. The molecular formula is C12H12BrNO6. The Bertz CT molecular complexity index is 557. The van der Waals surface area contributed by atoms with Crippen molar-refractivity contribution in [3.05, 3.63) is 32.3 Å². The summed E-state index contributed by atoms with van der Waals surface area (Å²) in [4.78, 5) is 33.2. The van der Waals surface area contributed by atoms with E-state index >= 15 is 0 Å². The zero-order chi connectivity index (χ0) is 15.3. The Kier molecular flexibility index (Phi) is 5.63. The second-order valence-electron chi connectivity index (χ2n) is 3.69. The minimum absolute atomic E-state index is 0.0658. The van der Waals surface area contributed by atoms with Crippen LogP contribution in [-0.4, -0.2) is 30.4 Å². The lowest BCUT2D eigenvalue weighted by atomic mass is 10.1. The molecule has 0 aliphatic heterocycles. The van der Waals surface area contributed by atoms with E-state index in [2.05, 4.69) is 20.7 Å². The second kappa shape index (κ2) is 6.99. The number of nitrogens with zero attached hydrogens (tertiary/aromatic N) is 1. The minimum Gasteiger partial charge on any atom is -0.496 e. The highest BCUT2D eigenvalue weighted by Crippen LogP contribution is 2.33. The van der Waals surface area contributed by atoms with Crippen molar-refractivity contribution in [2.24, 2.45) is 0 Å². The summed E-state index contributed by atoms with van der Waals surface area (Å²) in [5.74, 6) is -1.52. The molecule has 8 heteroatoms. The molecule has 0 aliphatic carbocycles. The number of hydrogen-bond donors (Lipinski definition) is 0. The third kappa shape index (κ3) is 3.77. The van der Waals surface area contributed by atoms with E-state index in [-0.39, 0.29) is 17.9 Å². The first-order chi connectivity index (χ1) is 9.40. The Morgan fingerprint density at radius 3 is 2.55 bits per heavy atom. The van der Waals surface area contributed by atoms with Crippen LogP contribution in [0.25, 0.3) is 0 Å². The molecule has 108 valence electrons. The smallest absolute Gasteiger partial charge is 0.374 e. The maximum atomic E-state index is 11.6. The standard InChI is InChI=1S/C12H12BrNO6/c1-3-20-12(16)10(15)4-7-5-11(19-2)8(13)6-9(7)14(17)18/h5-6H,3-4H2,1-2H3. The number of hydrogen-bond acceptors (Lipinski definition) is 6. The van der Waals surface area contributed by atoms with Gasteiger partial charge < -0.3 is 9.47 Å². The van der Waals surface area contributed by atoms with Gasteiger partial charge in [0.15, 0.2) is 0 Å². The Morgan fingerprint density at radius 2 is 2.05 bits per heavy atom. The monoisotopic (exact) mass is 345 g/mol. The van der Waals surface area contributed by atoms with Gasteiger partial charge in [-0.2, -0.15) is 0 Å². The van der Waals surface area contributed by atoms with Gasteiger partial charge >= 0.3 is 5.97 Å². The zero-order valence-electron chi connectivity index (χ0n) is 10.8. The molecule has 1 aromatic rings. The first-order valence-corrected chi connectivity index (χ1v) is 6.40. The lowest BCUT2D eigenvalue weighted by Crippen LogP contribution is -2.20. The molecule has 0 unspecified atom stereocenters. The number of esters is 1. The summed E-state index contributed by atoms with van der Waals surface area (Å²) < 4.78 is 9.96. The van der Waals surface area contributed by atoms with Gasteiger partial charge in [-0.15, -0.1) is 0 Å². The van der Waals surface area contributed by atoms with E-state index in [1.54, 1.807) is 6.92 Å². The molecule has 0 saturated heterocycles. The molecule has 0 aliphatic rings. The summed E-state index contributed by atoms with van der Waals surface area (Å²) in [7, 11) is 1.39. The second-order valence-corrected chi connectivity index (χ2v) is 4.55. The number of Topliss-reactive ketones (excluding diaryl/α,β-unsaturated/α-hetero) is 1. The predicted molar refractivity (Wildman–Crippen MR) is 72.7 cm³/mol. The van der Waals surface area contributed by atoms with Gasteiger partial charge in [0.1, 0.15) is 5.75 Å². The number of carbonyl (C=O) groups excluding carboxylic acids is 2. The van der Waals surface area contributed by atoms with Crippen LogP contribution >= 0.6 is 15.9 Å². The van der Waals surface area contributed by atoms with Gasteiger partial charge in [0.05, 0.1) is 23.1 Å². The fourth-order valence-electron chi connectivity index (χ4n) is 1.51. The Hall–Kier alpha value is -1.96. The molecule has 0 saturated carbocycles. The van der Waals surface area contributed by atoms with Crippen LogP contribution in [0.4, 0.5) is 5.69 Å².